The summed E-state index contributed by atoms with van der Waals surface area (Å²) in [6.45, 7) is 3.80. The monoisotopic (exact) mass is 415 g/mol. The summed E-state index contributed by atoms with van der Waals surface area (Å²) in [5.41, 5.74) is 2.02. The van der Waals surface area contributed by atoms with E-state index in [1.54, 1.807) is 11.8 Å². The number of ketones is 1. The van der Waals surface area contributed by atoms with Crippen LogP contribution in [0, 0.1) is 0 Å². The number of halogens is 2. The molecule has 1 heterocycles. The third-order valence-electron chi connectivity index (χ3n) is 3.13. The minimum Gasteiger partial charge on any atom is -0.495 e. The van der Waals surface area contributed by atoms with Crippen LogP contribution in [0.4, 0.5) is 0 Å². The van der Waals surface area contributed by atoms with Gasteiger partial charge in [-0.3, -0.25) is 4.79 Å². The molecule has 2 rings (SSSR count). The highest BCUT2D eigenvalue weighted by Gasteiger charge is 2.20. The maximum Gasteiger partial charge on any atom is 0.184 e. The number of rotatable bonds is 5. The van der Waals surface area contributed by atoms with Crippen molar-refractivity contribution >= 4 is 37.6 Å². The van der Waals surface area contributed by atoms with Gasteiger partial charge >= 0.3 is 0 Å². The lowest BCUT2D eigenvalue weighted by atomic mass is 10.1. The molecule has 112 valence electrons. The van der Waals surface area contributed by atoms with E-state index in [-0.39, 0.29) is 5.78 Å². The fourth-order valence-corrected chi connectivity index (χ4v) is 3.36. The van der Waals surface area contributed by atoms with Gasteiger partial charge in [0.15, 0.2) is 11.5 Å². The zero-order valence-electron chi connectivity index (χ0n) is 12.0. The van der Waals surface area contributed by atoms with Crippen molar-refractivity contribution in [1.82, 2.24) is 15.0 Å². The van der Waals surface area contributed by atoms with Crippen LogP contribution in [0.3, 0.4) is 0 Å². The number of ether oxygens (including phenoxy) is 1. The number of nitrogens with zero attached hydrogens (tertiary/aromatic N) is 3. The summed E-state index contributed by atoms with van der Waals surface area (Å²) in [5, 5.41) is 8.18. The van der Waals surface area contributed by atoms with Gasteiger partial charge in [-0.1, -0.05) is 19.1 Å². The highest BCUT2D eigenvalue weighted by molar-refractivity contribution is 9.11. The first-order valence-electron chi connectivity index (χ1n) is 6.54. The SMILES string of the molecule is CCC(=O)c1nnn(-c2cc(OC)c(Br)cc2Br)c1CC. The second-order valence-electron chi connectivity index (χ2n) is 4.36. The normalized spacial score (nSPS) is 10.7. The number of Topliss-reactive ketones (excluding diaryl/α,β-unsaturated/α-hetero) is 1. The van der Waals surface area contributed by atoms with Crippen molar-refractivity contribution in [2.45, 2.75) is 26.7 Å². The summed E-state index contributed by atoms with van der Waals surface area (Å²) >= 11 is 6.95. The van der Waals surface area contributed by atoms with Gasteiger partial charge in [-0.25, -0.2) is 4.68 Å². The van der Waals surface area contributed by atoms with Crippen molar-refractivity contribution in [2.24, 2.45) is 0 Å². The molecule has 0 fully saturated rings. The van der Waals surface area contributed by atoms with E-state index in [2.05, 4.69) is 42.2 Å². The predicted octanol–water partition coefficient (Wildman–Crippen LogP) is 3.96. The number of methoxy groups -OCH3 is 1. The lowest BCUT2D eigenvalue weighted by molar-refractivity contribution is 0.0982. The number of hydrogen-bond acceptors (Lipinski definition) is 4. The van der Waals surface area contributed by atoms with Crippen LogP contribution in [0.5, 0.6) is 5.75 Å². The molecule has 0 radical (unpaired) electrons. The summed E-state index contributed by atoms with van der Waals surface area (Å²) in [4.78, 5) is 11.9. The first-order chi connectivity index (χ1) is 10.0. The van der Waals surface area contributed by atoms with Gasteiger partial charge in [0.1, 0.15) is 5.75 Å². The standard InChI is InChI=1S/C14H15Br2N3O2/c1-4-10-14(12(20)5-2)17-18-19(10)11-7-13(21-3)9(16)6-8(11)15/h6-7H,4-5H2,1-3H3. The van der Waals surface area contributed by atoms with E-state index < -0.39 is 0 Å². The number of carbonyl (C=O) groups excluding carboxylic acids is 1. The van der Waals surface area contributed by atoms with Crippen molar-refractivity contribution in [1.29, 1.82) is 0 Å². The van der Waals surface area contributed by atoms with E-state index in [1.165, 1.54) is 0 Å². The van der Waals surface area contributed by atoms with Crippen LogP contribution in [-0.2, 0) is 6.42 Å². The zero-order chi connectivity index (χ0) is 15.6. The maximum absolute atomic E-state index is 11.9. The molecule has 0 aliphatic rings. The van der Waals surface area contributed by atoms with Gasteiger partial charge in [0.2, 0.25) is 0 Å². The molecular weight excluding hydrogens is 402 g/mol. The Labute approximate surface area is 139 Å². The minimum atomic E-state index is -0.00157. The molecular formula is C14H15Br2N3O2. The van der Waals surface area contributed by atoms with Gasteiger partial charge in [-0.2, -0.15) is 0 Å². The molecule has 1 aromatic carbocycles. The van der Waals surface area contributed by atoms with Crippen molar-refractivity contribution < 1.29 is 9.53 Å². The molecule has 1 aromatic heterocycles. The molecule has 0 saturated heterocycles. The molecule has 0 atom stereocenters. The van der Waals surface area contributed by atoms with Gasteiger partial charge in [0.25, 0.3) is 0 Å². The number of benzene rings is 1. The molecule has 0 aliphatic heterocycles. The Bertz CT molecular complexity index is 683. The Morgan fingerprint density at radius 1 is 1.29 bits per heavy atom. The van der Waals surface area contributed by atoms with E-state index in [0.29, 0.717) is 24.3 Å². The van der Waals surface area contributed by atoms with Crippen LogP contribution < -0.4 is 4.74 Å². The summed E-state index contributed by atoms with van der Waals surface area (Å²) in [6, 6.07) is 3.73. The fraction of sp³-hybridized carbons (Fsp3) is 0.357. The Kier molecular flexibility index (Phi) is 5.16. The van der Waals surface area contributed by atoms with Crippen LogP contribution in [-0.4, -0.2) is 27.9 Å². The highest BCUT2D eigenvalue weighted by Crippen LogP contribution is 2.34. The molecule has 7 heteroatoms. The van der Waals surface area contributed by atoms with Crippen molar-refractivity contribution in [3.63, 3.8) is 0 Å². The van der Waals surface area contributed by atoms with Crippen LogP contribution in [0.1, 0.15) is 36.5 Å². The Hall–Kier alpha value is -1.21. The smallest absolute Gasteiger partial charge is 0.184 e. The van der Waals surface area contributed by atoms with Gasteiger partial charge in [-0.05, 0) is 44.3 Å². The number of aromatic nitrogens is 3. The molecule has 0 saturated carbocycles. The lowest BCUT2D eigenvalue weighted by Crippen LogP contribution is -2.06. The summed E-state index contributed by atoms with van der Waals surface area (Å²) in [7, 11) is 1.60. The quantitative estimate of drug-likeness (QED) is 0.692. The van der Waals surface area contributed by atoms with Gasteiger partial charge < -0.3 is 4.74 Å². The average Bonchev–Trinajstić information content (AvgIpc) is 2.90. The van der Waals surface area contributed by atoms with Gasteiger partial charge in [-0.15, -0.1) is 5.10 Å². The van der Waals surface area contributed by atoms with Crippen LogP contribution in [0.15, 0.2) is 21.1 Å². The van der Waals surface area contributed by atoms with E-state index in [0.717, 1.165) is 20.3 Å². The van der Waals surface area contributed by atoms with Crippen LogP contribution in [0.25, 0.3) is 5.69 Å². The van der Waals surface area contributed by atoms with Crippen molar-refractivity contribution in [3.8, 4) is 11.4 Å². The number of hydrogen-bond donors (Lipinski definition) is 0. The second-order valence-corrected chi connectivity index (χ2v) is 6.07. The van der Waals surface area contributed by atoms with Crippen LogP contribution in [0.2, 0.25) is 0 Å². The summed E-state index contributed by atoms with van der Waals surface area (Å²) in [6.07, 6.45) is 1.08. The lowest BCUT2D eigenvalue weighted by Gasteiger charge is -2.11. The Morgan fingerprint density at radius 2 is 2.00 bits per heavy atom. The first kappa shape index (κ1) is 16.2. The van der Waals surface area contributed by atoms with Crippen LogP contribution >= 0.6 is 31.9 Å². The summed E-state index contributed by atoms with van der Waals surface area (Å²) in [5.74, 6) is 0.687. The average molecular weight is 417 g/mol. The summed E-state index contributed by atoms with van der Waals surface area (Å²) < 4.78 is 8.67. The maximum atomic E-state index is 11.9. The molecule has 21 heavy (non-hydrogen) atoms. The third kappa shape index (κ3) is 3.03. The molecule has 0 bridgehead atoms. The Morgan fingerprint density at radius 3 is 2.57 bits per heavy atom. The molecule has 0 amide bonds. The zero-order valence-corrected chi connectivity index (χ0v) is 15.2. The van der Waals surface area contributed by atoms with Gasteiger partial charge in [0.05, 0.1) is 23.0 Å². The highest BCUT2D eigenvalue weighted by atomic mass is 79.9. The van der Waals surface area contributed by atoms with E-state index in [4.69, 9.17) is 4.74 Å². The molecule has 0 aliphatic carbocycles. The molecule has 0 N–H and O–H groups in total. The van der Waals surface area contributed by atoms with E-state index in [1.807, 2.05) is 26.0 Å². The van der Waals surface area contributed by atoms with Crippen molar-refractivity contribution in [2.75, 3.05) is 7.11 Å². The molecule has 5 nitrogen and oxygen atoms in total. The molecule has 2 aromatic rings. The third-order valence-corrected chi connectivity index (χ3v) is 4.39. The second kappa shape index (κ2) is 6.70. The molecule has 0 unspecified atom stereocenters. The molecule has 0 spiro atoms. The Balaban J connectivity index is 2.62. The van der Waals surface area contributed by atoms with Crippen molar-refractivity contribution in [3.05, 3.63) is 32.5 Å². The predicted molar refractivity (Wildman–Crippen MR) is 87.3 cm³/mol. The van der Waals surface area contributed by atoms with E-state index >= 15 is 0 Å². The first-order valence-corrected chi connectivity index (χ1v) is 8.13. The fourth-order valence-electron chi connectivity index (χ4n) is 2.03. The largest absolute Gasteiger partial charge is 0.495 e. The van der Waals surface area contributed by atoms with Gasteiger partial charge in [0, 0.05) is 17.0 Å². The number of carbonyl (C=O) groups is 1. The topological polar surface area (TPSA) is 57.0 Å². The minimum absolute atomic E-state index is 0.00157. The van der Waals surface area contributed by atoms with E-state index in [9.17, 15) is 4.79 Å².